The van der Waals surface area contributed by atoms with E-state index in [0.29, 0.717) is 5.56 Å². The van der Waals surface area contributed by atoms with Crippen molar-refractivity contribution in [3.63, 3.8) is 0 Å². The van der Waals surface area contributed by atoms with Crippen LogP contribution in [0.4, 0.5) is 13.2 Å². The molecule has 0 aliphatic heterocycles. The van der Waals surface area contributed by atoms with E-state index in [-0.39, 0.29) is 24.3 Å². The zero-order chi connectivity index (χ0) is 21.2. The lowest BCUT2D eigenvalue weighted by molar-refractivity contribution is -0.137. The monoisotopic (exact) mass is 402 g/mol. The van der Waals surface area contributed by atoms with E-state index in [4.69, 9.17) is 0 Å². The van der Waals surface area contributed by atoms with Crippen molar-refractivity contribution in [2.75, 3.05) is 0 Å². The molecular weight excluding hydrogens is 377 g/mol. The Morgan fingerprint density at radius 1 is 1.07 bits per heavy atom. The highest BCUT2D eigenvalue weighted by atomic mass is 19.4. The summed E-state index contributed by atoms with van der Waals surface area (Å²) in [6, 6.07) is 12.8. The summed E-state index contributed by atoms with van der Waals surface area (Å²) in [6.45, 7) is 5.94. The number of aromatic amines is 1. The molecule has 6 heteroatoms. The third kappa shape index (κ3) is 4.81. The van der Waals surface area contributed by atoms with Gasteiger partial charge in [-0.2, -0.15) is 13.2 Å². The Balaban J connectivity index is 2.02. The summed E-state index contributed by atoms with van der Waals surface area (Å²) in [7, 11) is 0. The van der Waals surface area contributed by atoms with E-state index in [1.165, 1.54) is 6.07 Å². The lowest BCUT2D eigenvalue weighted by atomic mass is 9.87. The first-order valence-electron chi connectivity index (χ1n) is 9.69. The summed E-state index contributed by atoms with van der Waals surface area (Å²) in [5, 5.41) is 3.87. The van der Waals surface area contributed by atoms with Crippen LogP contribution in [0.5, 0.6) is 0 Å². The predicted molar refractivity (Wildman–Crippen MR) is 109 cm³/mol. The van der Waals surface area contributed by atoms with Crippen molar-refractivity contribution in [1.29, 1.82) is 0 Å². The molecule has 3 aromatic rings. The highest BCUT2D eigenvalue weighted by Crippen LogP contribution is 2.36. The number of para-hydroxylation sites is 1. The Labute approximate surface area is 168 Å². The van der Waals surface area contributed by atoms with Crippen molar-refractivity contribution in [1.82, 2.24) is 10.3 Å². The van der Waals surface area contributed by atoms with Gasteiger partial charge in [-0.25, -0.2) is 0 Å². The van der Waals surface area contributed by atoms with Crippen molar-refractivity contribution in [3.05, 3.63) is 71.4 Å². The summed E-state index contributed by atoms with van der Waals surface area (Å²) in [5.41, 5.74) is 1.45. The van der Waals surface area contributed by atoms with E-state index in [2.05, 4.69) is 10.3 Å². The lowest BCUT2D eigenvalue weighted by Gasteiger charge is -2.22. The Morgan fingerprint density at radius 3 is 2.48 bits per heavy atom. The fourth-order valence-corrected chi connectivity index (χ4v) is 3.39. The smallest absolute Gasteiger partial charge is 0.361 e. The van der Waals surface area contributed by atoms with Crippen molar-refractivity contribution < 1.29 is 18.0 Å². The number of fused-ring (bicyclic) bond motifs is 1. The second-order valence-electron chi connectivity index (χ2n) is 7.77. The third-order valence-electron chi connectivity index (χ3n) is 5.39. The fraction of sp³-hybridized carbons (Fsp3) is 0.348. The quantitative estimate of drug-likeness (QED) is 0.532. The molecule has 2 N–H and O–H groups in total. The molecule has 2 unspecified atom stereocenters. The molecule has 154 valence electrons. The van der Waals surface area contributed by atoms with Crippen LogP contribution < -0.4 is 5.32 Å². The molecular formula is C23H25F3N2O. The molecule has 2 aromatic carbocycles. The normalized spacial score (nSPS) is 14.2. The van der Waals surface area contributed by atoms with Gasteiger partial charge in [0.1, 0.15) is 0 Å². The number of alkyl halides is 3. The van der Waals surface area contributed by atoms with Crippen LogP contribution in [0.25, 0.3) is 10.9 Å². The number of carbonyl (C=O) groups excluding carboxylic acids is 1. The number of hydrogen-bond donors (Lipinski definition) is 2. The van der Waals surface area contributed by atoms with Crippen LogP contribution in [0.1, 0.15) is 49.8 Å². The number of nitrogens with one attached hydrogen (secondary N) is 2. The Kier molecular flexibility index (Phi) is 6.01. The van der Waals surface area contributed by atoms with E-state index in [1.807, 2.05) is 45.0 Å². The molecule has 3 rings (SSSR count). The summed E-state index contributed by atoms with van der Waals surface area (Å²) in [5.74, 6) is -0.411. The molecule has 0 bridgehead atoms. The second-order valence-corrected chi connectivity index (χ2v) is 7.77. The number of halogens is 3. The molecule has 1 amide bonds. The molecule has 0 aliphatic carbocycles. The van der Waals surface area contributed by atoms with E-state index >= 15 is 0 Å². The SMILES string of the molecule is CC(C)C(C)NC(=O)CC(c1cccc(C(F)(F)F)c1)c1c[nH]c2ccccc12. The first-order valence-corrected chi connectivity index (χ1v) is 9.69. The molecule has 29 heavy (non-hydrogen) atoms. The Bertz CT molecular complexity index is 991. The van der Waals surface area contributed by atoms with Crippen LogP contribution >= 0.6 is 0 Å². The first-order chi connectivity index (χ1) is 13.7. The number of hydrogen-bond acceptors (Lipinski definition) is 1. The average molecular weight is 402 g/mol. The van der Waals surface area contributed by atoms with E-state index in [9.17, 15) is 18.0 Å². The molecule has 3 nitrogen and oxygen atoms in total. The van der Waals surface area contributed by atoms with Crippen molar-refractivity contribution in [2.45, 2.75) is 45.3 Å². The molecule has 2 atom stereocenters. The second kappa shape index (κ2) is 8.31. The van der Waals surface area contributed by atoms with Gasteiger partial charge in [-0.05, 0) is 36.1 Å². The number of aromatic nitrogens is 1. The van der Waals surface area contributed by atoms with Crippen LogP contribution in [-0.4, -0.2) is 16.9 Å². The van der Waals surface area contributed by atoms with E-state index < -0.39 is 17.7 Å². The van der Waals surface area contributed by atoms with Crippen LogP contribution in [-0.2, 0) is 11.0 Å². The highest BCUT2D eigenvalue weighted by Gasteiger charge is 2.32. The minimum absolute atomic E-state index is 0.0207. The molecule has 1 heterocycles. The van der Waals surface area contributed by atoms with Gasteiger partial charge in [0.15, 0.2) is 0 Å². The largest absolute Gasteiger partial charge is 0.416 e. The van der Waals surface area contributed by atoms with Gasteiger partial charge in [-0.15, -0.1) is 0 Å². The molecule has 0 saturated heterocycles. The number of carbonyl (C=O) groups is 1. The molecule has 0 radical (unpaired) electrons. The standard InChI is InChI=1S/C23H25F3N2O/c1-14(2)15(3)28-22(29)12-19(16-7-6-8-17(11-16)23(24,25)26)20-13-27-21-10-5-4-9-18(20)21/h4-11,13-15,19,27H,12H2,1-3H3,(H,28,29). The van der Waals surface area contributed by atoms with Gasteiger partial charge in [0.25, 0.3) is 0 Å². The highest BCUT2D eigenvalue weighted by molar-refractivity contribution is 5.86. The van der Waals surface area contributed by atoms with Gasteiger partial charge in [0.05, 0.1) is 5.56 Å². The van der Waals surface area contributed by atoms with Crippen LogP contribution in [0, 0.1) is 5.92 Å². The van der Waals surface area contributed by atoms with Crippen LogP contribution in [0.15, 0.2) is 54.7 Å². The fourth-order valence-electron chi connectivity index (χ4n) is 3.39. The minimum Gasteiger partial charge on any atom is -0.361 e. The first kappa shape index (κ1) is 21.0. The topological polar surface area (TPSA) is 44.9 Å². The van der Waals surface area contributed by atoms with Crippen molar-refractivity contribution in [2.24, 2.45) is 5.92 Å². The average Bonchev–Trinajstić information content (AvgIpc) is 3.09. The third-order valence-corrected chi connectivity index (χ3v) is 5.39. The zero-order valence-electron chi connectivity index (χ0n) is 16.7. The van der Waals surface area contributed by atoms with Gasteiger partial charge in [0.2, 0.25) is 5.91 Å². The molecule has 0 aliphatic rings. The minimum atomic E-state index is -4.44. The van der Waals surface area contributed by atoms with Crippen LogP contribution in [0.3, 0.4) is 0 Å². The summed E-state index contributed by atoms with van der Waals surface area (Å²) in [6.07, 6.45) is -2.58. The molecule has 0 spiro atoms. The van der Waals surface area contributed by atoms with E-state index in [0.717, 1.165) is 28.6 Å². The number of benzene rings is 2. The molecule has 0 saturated carbocycles. The number of amides is 1. The Hall–Kier alpha value is -2.76. The zero-order valence-corrected chi connectivity index (χ0v) is 16.7. The van der Waals surface area contributed by atoms with Gasteiger partial charge in [-0.1, -0.05) is 50.2 Å². The lowest BCUT2D eigenvalue weighted by Crippen LogP contribution is -2.36. The van der Waals surface area contributed by atoms with Crippen LogP contribution in [0.2, 0.25) is 0 Å². The molecule has 0 fully saturated rings. The molecule has 1 aromatic heterocycles. The summed E-state index contributed by atoms with van der Waals surface area (Å²) >= 11 is 0. The summed E-state index contributed by atoms with van der Waals surface area (Å²) < 4.78 is 39.8. The van der Waals surface area contributed by atoms with Gasteiger partial charge < -0.3 is 10.3 Å². The summed E-state index contributed by atoms with van der Waals surface area (Å²) in [4.78, 5) is 15.9. The van der Waals surface area contributed by atoms with Gasteiger partial charge in [-0.3, -0.25) is 4.79 Å². The van der Waals surface area contributed by atoms with Crippen molar-refractivity contribution in [3.8, 4) is 0 Å². The van der Waals surface area contributed by atoms with E-state index in [1.54, 1.807) is 12.3 Å². The van der Waals surface area contributed by atoms with Crippen molar-refractivity contribution >= 4 is 16.8 Å². The van der Waals surface area contributed by atoms with Gasteiger partial charge in [0, 0.05) is 35.5 Å². The maximum Gasteiger partial charge on any atom is 0.416 e. The number of H-pyrrole nitrogens is 1. The maximum absolute atomic E-state index is 13.3. The predicted octanol–water partition coefficient (Wildman–Crippen LogP) is 5.87. The maximum atomic E-state index is 13.3. The number of rotatable bonds is 6. The van der Waals surface area contributed by atoms with Gasteiger partial charge >= 0.3 is 6.18 Å². The Morgan fingerprint density at radius 2 is 1.79 bits per heavy atom.